The summed E-state index contributed by atoms with van der Waals surface area (Å²) in [4.78, 5) is 35.0. The van der Waals surface area contributed by atoms with Gasteiger partial charge in [0.1, 0.15) is 0 Å². The number of esters is 1. The van der Waals surface area contributed by atoms with Crippen molar-refractivity contribution in [1.82, 2.24) is 0 Å². The zero-order valence-electron chi connectivity index (χ0n) is 15.4. The minimum Gasteiger partial charge on any atom is -0.493 e. The highest BCUT2D eigenvalue weighted by Gasteiger charge is 2.13. The summed E-state index contributed by atoms with van der Waals surface area (Å²) in [6.07, 6.45) is 0. The zero-order valence-corrected chi connectivity index (χ0v) is 15.4. The molecule has 2 rings (SSSR count). The van der Waals surface area contributed by atoms with E-state index in [9.17, 15) is 14.4 Å². The van der Waals surface area contributed by atoms with Crippen molar-refractivity contribution in [3.8, 4) is 11.5 Å². The van der Waals surface area contributed by atoms with E-state index >= 15 is 0 Å². The van der Waals surface area contributed by atoms with Crippen molar-refractivity contribution in [3.05, 3.63) is 53.6 Å². The molecule has 7 heteroatoms. The van der Waals surface area contributed by atoms with E-state index in [1.807, 2.05) is 19.1 Å². The monoisotopic (exact) mass is 371 g/mol. The van der Waals surface area contributed by atoms with Gasteiger partial charge in [0.25, 0.3) is 5.91 Å². The molecule has 0 fully saturated rings. The lowest BCUT2D eigenvalue weighted by Gasteiger charge is -2.12. The van der Waals surface area contributed by atoms with Crippen LogP contribution in [0.3, 0.4) is 0 Å². The van der Waals surface area contributed by atoms with E-state index in [4.69, 9.17) is 14.2 Å². The van der Waals surface area contributed by atoms with Crippen LogP contribution in [0.25, 0.3) is 0 Å². The number of methoxy groups -OCH3 is 1. The fraction of sp³-hybridized carbons (Fsp3) is 0.250. The second-order valence-electron chi connectivity index (χ2n) is 5.73. The van der Waals surface area contributed by atoms with Crippen molar-refractivity contribution < 1.29 is 28.6 Å². The minimum absolute atomic E-state index is 0.112. The molecule has 142 valence electrons. The summed E-state index contributed by atoms with van der Waals surface area (Å²) < 4.78 is 15.4. The third-order valence-corrected chi connectivity index (χ3v) is 3.70. The first kappa shape index (κ1) is 20.0. The Bertz CT molecular complexity index is 846. The molecular weight excluding hydrogens is 350 g/mol. The first-order valence-electron chi connectivity index (χ1n) is 8.23. The summed E-state index contributed by atoms with van der Waals surface area (Å²) in [6.45, 7) is 2.49. The van der Waals surface area contributed by atoms with Gasteiger partial charge < -0.3 is 19.5 Å². The van der Waals surface area contributed by atoms with Crippen LogP contribution in [0, 0.1) is 6.92 Å². The van der Waals surface area contributed by atoms with Gasteiger partial charge in [-0.15, -0.1) is 0 Å². The highest BCUT2D eigenvalue weighted by molar-refractivity contribution is 5.95. The molecule has 0 radical (unpaired) electrons. The molecule has 0 atom stereocenters. The molecule has 0 heterocycles. The fourth-order valence-corrected chi connectivity index (χ4v) is 2.23. The summed E-state index contributed by atoms with van der Waals surface area (Å²) >= 11 is 0. The Balaban J connectivity index is 1.83. The largest absolute Gasteiger partial charge is 0.493 e. The minimum atomic E-state index is -0.701. The van der Waals surface area contributed by atoms with Gasteiger partial charge in [-0.05, 0) is 43.7 Å². The first-order valence-corrected chi connectivity index (χ1v) is 8.23. The standard InChI is InChI=1S/C20H21NO6/c1-13-6-4-5-7-16(13)21-19(23)11-27-20(24)12-26-17-9-8-15(14(2)22)10-18(17)25-3/h4-10H,11-12H2,1-3H3,(H,21,23). The fourth-order valence-electron chi connectivity index (χ4n) is 2.23. The van der Waals surface area contributed by atoms with Gasteiger partial charge in [0.15, 0.2) is 30.5 Å². The molecule has 7 nitrogen and oxygen atoms in total. The summed E-state index contributed by atoms with van der Waals surface area (Å²) in [6, 6.07) is 11.9. The molecule has 0 aliphatic heterocycles. The molecule has 0 aliphatic carbocycles. The molecule has 27 heavy (non-hydrogen) atoms. The van der Waals surface area contributed by atoms with Gasteiger partial charge in [-0.25, -0.2) is 4.79 Å². The SMILES string of the molecule is COc1cc(C(C)=O)ccc1OCC(=O)OCC(=O)Nc1ccccc1C. The highest BCUT2D eigenvalue weighted by atomic mass is 16.6. The second-order valence-corrected chi connectivity index (χ2v) is 5.73. The highest BCUT2D eigenvalue weighted by Crippen LogP contribution is 2.28. The molecule has 0 bridgehead atoms. The number of hydrogen-bond acceptors (Lipinski definition) is 6. The number of hydrogen-bond donors (Lipinski definition) is 1. The van der Waals surface area contributed by atoms with Crippen molar-refractivity contribution in [2.75, 3.05) is 25.6 Å². The Kier molecular flexibility index (Phi) is 6.93. The molecule has 0 unspecified atom stereocenters. The molecule has 2 aromatic rings. The number of ether oxygens (including phenoxy) is 3. The van der Waals surface area contributed by atoms with Crippen LogP contribution in [-0.4, -0.2) is 38.0 Å². The van der Waals surface area contributed by atoms with Crippen LogP contribution in [0.5, 0.6) is 11.5 Å². The van der Waals surface area contributed by atoms with E-state index in [1.54, 1.807) is 18.2 Å². The molecule has 1 amide bonds. The predicted octanol–water partition coefficient (Wildman–Crippen LogP) is 2.77. The van der Waals surface area contributed by atoms with E-state index in [0.717, 1.165) is 5.56 Å². The van der Waals surface area contributed by atoms with Crippen LogP contribution in [0.2, 0.25) is 0 Å². The Morgan fingerprint density at radius 2 is 1.74 bits per heavy atom. The van der Waals surface area contributed by atoms with E-state index in [1.165, 1.54) is 26.2 Å². The Labute approximate surface area is 157 Å². The molecule has 0 saturated carbocycles. The molecule has 0 saturated heterocycles. The number of carbonyl (C=O) groups is 3. The van der Waals surface area contributed by atoms with Crippen molar-refractivity contribution in [2.24, 2.45) is 0 Å². The predicted molar refractivity (Wildman–Crippen MR) is 99.3 cm³/mol. The Morgan fingerprint density at radius 3 is 2.41 bits per heavy atom. The first-order chi connectivity index (χ1) is 12.9. The molecule has 2 aromatic carbocycles. The van der Waals surface area contributed by atoms with Gasteiger partial charge in [0, 0.05) is 11.3 Å². The average Bonchev–Trinajstić information content (AvgIpc) is 2.66. The van der Waals surface area contributed by atoms with Gasteiger partial charge in [-0.3, -0.25) is 9.59 Å². The maximum absolute atomic E-state index is 11.9. The normalized spacial score (nSPS) is 10.0. The summed E-state index contributed by atoms with van der Waals surface area (Å²) in [7, 11) is 1.43. The molecule has 0 aromatic heterocycles. The molecular formula is C20H21NO6. The third-order valence-electron chi connectivity index (χ3n) is 3.70. The molecule has 0 aliphatic rings. The lowest BCUT2D eigenvalue weighted by molar-refractivity contribution is -0.149. The van der Waals surface area contributed by atoms with Crippen LogP contribution < -0.4 is 14.8 Å². The van der Waals surface area contributed by atoms with Gasteiger partial charge >= 0.3 is 5.97 Å². The average molecular weight is 371 g/mol. The van der Waals surface area contributed by atoms with Gasteiger partial charge in [-0.2, -0.15) is 0 Å². The van der Waals surface area contributed by atoms with Gasteiger partial charge in [-0.1, -0.05) is 18.2 Å². The van der Waals surface area contributed by atoms with Gasteiger partial charge in [0.05, 0.1) is 7.11 Å². The van der Waals surface area contributed by atoms with Crippen LogP contribution >= 0.6 is 0 Å². The lowest BCUT2D eigenvalue weighted by Crippen LogP contribution is -2.24. The van der Waals surface area contributed by atoms with Crippen molar-refractivity contribution in [3.63, 3.8) is 0 Å². The van der Waals surface area contributed by atoms with Crippen LogP contribution in [0.15, 0.2) is 42.5 Å². The number of amides is 1. The number of para-hydroxylation sites is 1. The maximum atomic E-state index is 11.9. The number of carbonyl (C=O) groups excluding carboxylic acids is 3. The maximum Gasteiger partial charge on any atom is 0.344 e. The summed E-state index contributed by atoms with van der Waals surface area (Å²) in [5.41, 5.74) is 2.03. The van der Waals surface area contributed by atoms with E-state index in [-0.39, 0.29) is 5.78 Å². The number of benzene rings is 2. The number of rotatable bonds is 8. The van der Waals surface area contributed by atoms with E-state index in [2.05, 4.69) is 5.32 Å². The number of Topliss-reactive ketones (excluding diaryl/α,β-unsaturated/α-hetero) is 1. The molecule has 1 N–H and O–H groups in total. The van der Waals surface area contributed by atoms with Gasteiger partial charge in [0.2, 0.25) is 0 Å². The molecule has 0 spiro atoms. The number of ketones is 1. The van der Waals surface area contributed by atoms with Crippen LogP contribution in [0.4, 0.5) is 5.69 Å². The van der Waals surface area contributed by atoms with Crippen molar-refractivity contribution in [1.29, 1.82) is 0 Å². The van der Waals surface area contributed by atoms with Crippen molar-refractivity contribution >= 4 is 23.3 Å². The lowest BCUT2D eigenvalue weighted by atomic mass is 10.1. The van der Waals surface area contributed by atoms with E-state index in [0.29, 0.717) is 22.7 Å². The number of nitrogens with one attached hydrogen (secondary N) is 1. The zero-order chi connectivity index (χ0) is 19.8. The Morgan fingerprint density at radius 1 is 1.00 bits per heavy atom. The smallest absolute Gasteiger partial charge is 0.344 e. The quantitative estimate of drug-likeness (QED) is 0.567. The summed E-state index contributed by atoms with van der Waals surface area (Å²) in [5.74, 6) is -0.635. The van der Waals surface area contributed by atoms with Crippen molar-refractivity contribution in [2.45, 2.75) is 13.8 Å². The van der Waals surface area contributed by atoms with E-state index < -0.39 is 25.1 Å². The topological polar surface area (TPSA) is 90.9 Å². The second kappa shape index (κ2) is 9.38. The number of aryl methyl sites for hydroxylation is 1. The number of anilines is 1. The van der Waals surface area contributed by atoms with Crippen LogP contribution in [-0.2, 0) is 14.3 Å². The van der Waals surface area contributed by atoms with Crippen LogP contribution in [0.1, 0.15) is 22.8 Å². The summed E-state index contributed by atoms with van der Waals surface area (Å²) in [5, 5.41) is 2.67. The third kappa shape index (κ3) is 5.85. The Hall–Kier alpha value is -3.35.